The van der Waals surface area contributed by atoms with Crippen molar-refractivity contribution in [3.63, 3.8) is 0 Å². The Hall–Kier alpha value is -1.62. The number of nitrogens with zero attached hydrogens (tertiary/aromatic N) is 3. The lowest BCUT2D eigenvalue weighted by molar-refractivity contribution is 0.227. The van der Waals surface area contributed by atoms with Gasteiger partial charge in [0.2, 0.25) is 0 Å². The fourth-order valence-corrected chi connectivity index (χ4v) is 3.14. The fourth-order valence-electron chi connectivity index (χ4n) is 3.14. The molecule has 0 aromatic heterocycles. The largest absolute Gasteiger partial charge is 0.344 e. The van der Waals surface area contributed by atoms with Crippen LogP contribution in [0.4, 0.5) is 0 Å². The summed E-state index contributed by atoms with van der Waals surface area (Å²) in [5.74, 6) is 1.57. The molecule has 2 unspecified atom stereocenters. The van der Waals surface area contributed by atoms with Crippen LogP contribution in [0.1, 0.15) is 32.6 Å². The zero-order valence-electron chi connectivity index (χ0n) is 12.3. The minimum atomic E-state index is 0.277. The van der Waals surface area contributed by atoms with E-state index in [0.717, 1.165) is 30.9 Å². The summed E-state index contributed by atoms with van der Waals surface area (Å²) in [6.45, 7) is 3.28. The number of hydrogen-bond donors (Lipinski definition) is 2. The molecule has 5 heteroatoms. The van der Waals surface area contributed by atoms with Crippen molar-refractivity contribution in [1.29, 1.82) is 5.41 Å². The summed E-state index contributed by atoms with van der Waals surface area (Å²) in [7, 11) is 2.18. The molecular weight excluding hydrogens is 250 g/mol. The van der Waals surface area contributed by atoms with E-state index in [1.165, 1.54) is 12.8 Å². The van der Waals surface area contributed by atoms with E-state index in [9.17, 15) is 0 Å². The molecule has 3 aliphatic heterocycles. The van der Waals surface area contributed by atoms with Crippen molar-refractivity contribution in [1.82, 2.24) is 15.1 Å². The molecule has 3 aliphatic rings. The van der Waals surface area contributed by atoms with Gasteiger partial charge in [0.05, 0.1) is 17.8 Å². The second-order valence-corrected chi connectivity index (χ2v) is 5.86. The van der Waals surface area contributed by atoms with Gasteiger partial charge in [-0.2, -0.15) is 0 Å². The lowest BCUT2D eigenvalue weighted by atomic mass is 10.0. The average molecular weight is 273 g/mol. The average Bonchev–Trinajstić information content (AvgIpc) is 2.60. The summed E-state index contributed by atoms with van der Waals surface area (Å²) in [5, 5.41) is 11.1. The molecule has 1 fully saturated rings. The van der Waals surface area contributed by atoms with Crippen LogP contribution < -0.4 is 5.32 Å². The third-order valence-electron chi connectivity index (χ3n) is 4.29. The van der Waals surface area contributed by atoms with Gasteiger partial charge in [-0.25, -0.2) is 0 Å². The topological polar surface area (TPSA) is 54.7 Å². The molecule has 2 atom stereocenters. The molecule has 3 heterocycles. The van der Waals surface area contributed by atoms with Crippen LogP contribution in [0.3, 0.4) is 0 Å². The molecule has 0 aliphatic carbocycles. The van der Waals surface area contributed by atoms with Crippen molar-refractivity contribution in [2.45, 2.75) is 44.7 Å². The Balaban J connectivity index is 1.98. The second-order valence-electron chi connectivity index (χ2n) is 5.86. The van der Waals surface area contributed by atoms with Crippen LogP contribution >= 0.6 is 0 Å². The maximum absolute atomic E-state index is 8.09. The summed E-state index contributed by atoms with van der Waals surface area (Å²) in [6.07, 6.45) is 10.5. The Morgan fingerprint density at radius 3 is 3.05 bits per heavy atom. The van der Waals surface area contributed by atoms with Crippen LogP contribution in [0.5, 0.6) is 0 Å². The first kappa shape index (κ1) is 13.4. The third kappa shape index (κ3) is 2.38. The number of likely N-dealkylation sites (N-methyl/N-ethyl adjacent to an activating group) is 1. The molecule has 0 saturated carbocycles. The summed E-state index contributed by atoms with van der Waals surface area (Å²) < 4.78 is 0. The van der Waals surface area contributed by atoms with Crippen LogP contribution in [-0.2, 0) is 0 Å². The van der Waals surface area contributed by atoms with E-state index < -0.39 is 0 Å². The van der Waals surface area contributed by atoms with Crippen molar-refractivity contribution in [3.05, 3.63) is 24.2 Å². The van der Waals surface area contributed by atoms with Crippen molar-refractivity contribution < 1.29 is 0 Å². The highest BCUT2D eigenvalue weighted by Gasteiger charge is 2.32. The minimum absolute atomic E-state index is 0.277. The first-order valence-electron chi connectivity index (χ1n) is 7.46. The highest BCUT2D eigenvalue weighted by molar-refractivity contribution is 6.04. The predicted octanol–water partition coefficient (Wildman–Crippen LogP) is 1.90. The number of hydrogen-bond acceptors (Lipinski definition) is 4. The molecule has 0 radical (unpaired) electrons. The number of nitrogens with one attached hydrogen (secondary N) is 2. The number of amidine groups is 2. The van der Waals surface area contributed by atoms with E-state index in [-0.39, 0.29) is 6.04 Å². The van der Waals surface area contributed by atoms with E-state index in [1.807, 2.05) is 12.4 Å². The normalized spacial score (nSPS) is 31.1. The highest BCUT2D eigenvalue weighted by atomic mass is 15.3. The second kappa shape index (κ2) is 5.40. The van der Waals surface area contributed by atoms with Gasteiger partial charge in [-0.05, 0) is 39.8 Å². The number of fused-ring (bicyclic) bond motifs is 1. The summed E-state index contributed by atoms with van der Waals surface area (Å²) in [4.78, 5) is 9.45. The monoisotopic (exact) mass is 273 g/mol. The van der Waals surface area contributed by atoms with Crippen LogP contribution in [0.25, 0.3) is 0 Å². The Bertz CT molecular complexity index is 490. The molecular formula is C15H23N5. The lowest BCUT2D eigenvalue weighted by Crippen LogP contribution is -2.50. The Morgan fingerprint density at radius 2 is 2.25 bits per heavy atom. The van der Waals surface area contributed by atoms with E-state index in [1.54, 1.807) is 0 Å². The first-order valence-corrected chi connectivity index (χ1v) is 7.46. The maximum atomic E-state index is 8.09. The standard InChI is InChI=1S/C15H23N5/c1-11-6-7-12-14(16)17-8-10-20(12)15(18-11)13-5-3-4-9-19(13)2/h7-8,10-11,13H,3-6,9H2,1-2H3,(H2,16,17). The minimum Gasteiger partial charge on any atom is -0.344 e. The van der Waals surface area contributed by atoms with Gasteiger partial charge in [0.15, 0.2) is 0 Å². The van der Waals surface area contributed by atoms with Crippen molar-refractivity contribution >= 4 is 11.7 Å². The number of aliphatic imine (C=N–C) groups is 1. The van der Waals surface area contributed by atoms with Gasteiger partial charge in [-0.1, -0.05) is 12.5 Å². The van der Waals surface area contributed by atoms with Crippen molar-refractivity contribution in [2.24, 2.45) is 4.99 Å². The molecule has 0 bridgehead atoms. The molecule has 0 aromatic rings. The number of piperidine rings is 1. The van der Waals surface area contributed by atoms with Gasteiger partial charge in [0.25, 0.3) is 0 Å². The van der Waals surface area contributed by atoms with Crippen LogP contribution in [0.2, 0.25) is 0 Å². The summed E-state index contributed by atoms with van der Waals surface area (Å²) in [6, 6.07) is 0.642. The fraction of sp³-hybridized carbons (Fsp3) is 0.600. The SMILES string of the molecule is CC1CC=C2C(=N)NC=CN2C(C2CCCCN2C)=N1. The van der Waals surface area contributed by atoms with Gasteiger partial charge in [-0.15, -0.1) is 0 Å². The van der Waals surface area contributed by atoms with E-state index in [2.05, 4.69) is 35.2 Å². The molecule has 108 valence electrons. The van der Waals surface area contributed by atoms with Crippen LogP contribution in [-0.4, -0.2) is 47.1 Å². The Kier molecular flexibility index (Phi) is 3.61. The Morgan fingerprint density at radius 1 is 1.40 bits per heavy atom. The smallest absolute Gasteiger partial charge is 0.146 e. The molecule has 2 N–H and O–H groups in total. The Labute approximate surface area is 120 Å². The summed E-state index contributed by atoms with van der Waals surface area (Å²) >= 11 is 0. The van der Waals surface area contributed by atoms with Crippen molar-refractivity contribution in [3.8, 4) is 0 Å². The third-order valence-corrected chi connectivity index (χ3v) is 4.29. The van der Waals surface area contributed by atoms with Crippen LogP contribution in [0.15, 0.2) is 29.2 Å². The van der Waals surface area contributed by atoms with Gasteiger partial charge in [-0.3, -0.25) is 20.2 Å². The predicted molar refractivity (Wildman–Crippen MR) is 81.7 cm³/mol. The molecule has 5 nitrogen and oxygen atoms in total. The number of likely N-dealkylation sites (tertiary alicyclic amines) is 1. The molecule has 3 rings (SSSR count). The number of rotatable bonds is 1. The van der Waals surface area contributed by atoms with E-state index in [0.29, 0.717) is 11.9 Å². The molecule has 0 spiro atoms. The molecule has 0 amide bonds. The quantitative estimate of drug-likeness (QED) is 0.767. The van der Waals surface area contributed by atoms with Crippen molar-refractivity contribution in [2.75, 3.05) is 13.6 Å². The zero-order chi connectivity index (χ0) is 14.1. The highest BCUT2D eigenvalue weighted by Crippen LogP contribution is 2.25. The van der Waals surface area contributed by atoms with E-state index >= 15 is 0 Å². The van der Waals surface area contributed by atoms with Crippen LogP contribution in [0, 0.1) is 5.41 Å². The van der Waals surface area contributed by atoms with Gasteiger partial charge in [0, 0.05) is 12.4 Å². The molecule has 1 saturated heterocycles. The zero-order valence-corrected chi connectivity index (χ0v) is 12.3. The maximum Gasteiger partial charge on any atom is 0.146 e. The molecule has 0 aromatic carbocycles. The van der Waals surface area contributed by atoms with Gasteiger partial charge >= 0.3 is 0 Å². The lowest BCUT2D eigenvalue weighted by Gasteiger charge is -2.38. The van der Waals surface area contributed by atoms with E-state index in [4.69, 9.17) is 10.4 Å². The molecule has 20 heavy (non-hydrogen) atoms. The summed E-state index contributed by atoms with van der Waals surface area (Å²) in [5.41, 5.74) is 0.939. The van der Waals surface area contributed by atoms with Gasteiger partial charge in [0.1, 0.15) is 11.7 Å². The van der Waals surface area contributed by atoms with Gasteiger partial charge < -0.3 is 5.32 Å². The first-order chi connectivity index (χ1) is 9.66.